The average Bonchev–Trinajstić information content (AvgIpc) is 2.17. The fraction of sp³-hybridized carbons (Fsp3) is 0.200. The topological polar surface area (TPSA) is 42.0 Å². The minimum Gasteiger partial charge on any atom is -0.337 e. The summed E-state index contributed by atoms with van der Waals surface area (Å²) in [6, 6.07) is 3.61. The van der Waals surface area contributed by atoms with Gasteiger partial charge in [0.2, 0.25) is 5.95 Å². The average molecular weight is 192 g/mol. The molecule has 0 saturated heterocycles. The number of halogens is 1. The van der Waals surface area contributed by atoms with E-state index in [1.165, 1.54) is 18.2 Å². The zero-order valence-electron chi connectivity index (χ0n) is 7.62. The molecule has 0 aromatic carbocycles. The third-order valence-corrected chi connectivity index (χ3v) is 1.55. The SMILES string of the molecule is C#CC(C)NC(=O)c1cccc(F)n1. The van der Waals surface area contributed by atoms with Crippen molar-refractivity contribution in [2.75, 3.05) is 0 Å². The minimum absolute atomic E-state index is 0.0205. The van der Waals surface area contributed by atoms with Crippen LogP contribution in [0.25, 0.3) is 0 Å². The highest BCUT2D eigenvalue weighted by Crippen LogP contribution is 1.97. The number of terminal acetylenes is 1. The Hall–Kier alpha value is -1.89. The molecule has 1 heterocycles. The van der Waals surface area contributed by atoms with Crippen molar-refractivity contribution in [3.63, 3.8) is 0 Å². The van der Waals surface area contributed by atoms with Crippen molar-refractivity contribution in [3.8, 4) is 12.3 Å². The molecule has 0 bridgehead atoms. The van der Waals surface area contributed by atoms with E-state index in [4.69, 9.17) is 6.42 Å². The summed E-state index contributed by atoms with van der Waals surface area (Å²) in [5.41, 5.74) is 0.0205. The van der Waals surface area contributed by atoms with Crippen LogP contribution in [0.15, 0.2) is 18.2 Å². The van der Waals surface area contributed by atoms with Crippen molar-refractivity contribution in [1.82, 2.24) is 10.3 Å². The Morgan fingerprint density at radius 1 is 1.71 bits per heavy atom. The van der Waals surface area contributed by atoms with E-state index in [0.29, 0.717) is 0 Å². The van der Waals surface area contributed by atoms with Crippen molar-refractivity contribution < 1.29 is 9.18 Å². The molecule has 1 rings (SSSR count). The highest BCUT2D eigenvalue weighted by Gasteiger charge is 2.09. The second kappa shape index (κ2) is 4.38. The van der Waals surface area contributed by atoms with E-state index >= 15 is 0 Å². The number of rotatable bonds is 2. The van der Waals surface area contributed by atoms with Gasteiger partial charge in [-0.25, -0.2) is 4.98 Å². The molecular formula is C10H9FN2O. The van der Waals surface area contributed by atoms with Gasteiger partial charge >= 0.3 is 0 Å². The summed E-state index contributed by atoms with van der Waals surface area (Å²) in [6.45, 7) is 1.65. The van der Waals surface area contributed by atoms with E-state index in [2.05, 4.69) is 16.2 Å². The number of carbonyl (C=O) groups excluding carboxylic acids is 1. The maximum Gasteiger partial charge on any atom is 0.270 e. The Morgan fingerprint density at radius 3 is 3.00 bits per heavy atom. The Morgan fingerprint density at radius 2 is 2.43 bits per heavy atom. The van der Waals surface area contributed by atoms with E-state index in [1.54, 1.807) is 6.92 Å². The fourth-order valence-electron chi connectivity index (χ4n) is 0.847. The molecule has 0 saturated carbocycles. The quantitative estimate of drug-likeness (QED) is 0.560. The predicted molar refractivity (Wildman–Crippen MR) is 50.0 cm³/mol. The molecule has 0 aliphatic rings. The number of nitrogens with zero attached hydrogens (tertiary/aromatic N) is 1. The van der Waals surface area contributed by atoms with E-state index in [9.17, 15) is 9.18 Å². The molecule has 0 fully saturated rings. The van der Waals surface area contributed by atoms with E-state index in [0.717, 1.165) is 0 Å². The first kappa shape index (κ1) is 10.2. The maximum absolute atomic E-state index is 12.6. The van der Waals surface area contributed by atoms with Crippen LogP contribution in [0.5, 0.6) is 0 Å². The molecular weight excluding hydrogens is 183 g/mol. The van der Waals surface area contributed by atoms with Gasteiger partial charge in [0.05, 0.1) is 6.04 Å². The number of nitrogens with one attached hydrogen (secondary N) is 1. The summed E-state index contributed by atoms with van der Waals surface area (Å²) in [4.78, 5) is 14.7. The van der Waals surface area contributed by atoms with Gasteiger partial charge in [-0.15, -0.1) is 6.42 Å². The van der Waals surface area contributed by atoms with E-state index in [-0.39, 0.29) is 5.69 Å². The normalized spacial score (nSPS) is 11.5. The molecule has 1 N–H and O–H groups in total. The van der Waals surface area contributed by atoms with Crippen LogP contribution >= 0.6 is 0 Å². The molecule has 1 aromatic rings. The van der Waals surface area contributed by atoms with Gasteiger partial charge in [0.1, 0.15) is 5.69 Å². The smallest absolute Gasteiger partial charge is 0.270 e. The van der Waals surface area contributed by atoms with Gasteiger partial charge in [0.25, 0.3) is 5.91 Å². The third kappa shape index (κ3) is 2.56. The van der Waals surface area contributed by atoms with Crippen molar-refractivity contribution in [2.24, 2.45) is 0 Å². The van der Waals surface area contributed by atoms with Crippen LogP contribution < -0.4 is 5.32 Å². The molecule has 0 radical (unpaired) electrons. The number of pyridine rings is 1. The molecule has 0 spiro atoms. The number of aromatic nitrogens is 1. The highest BCUT2D eigenvalue weighted by atomic mass is 19.1. The summed E-state index contributed by atoms with van der Waals surface area (Å²) in [5, 5.41) is 2.47. The first-order valence-corrected chi connectivity index (χ1v) is 4.03. The summed E-state index contributed by atoms with van der Waals surface area (Å²) in [5.74, 6) is 1.16. The van der Waals surface area contributed by atoms with E-state index in [1.807, 2.05) is 0 Å². The van der Waals surface area contributed by atoms with Gasteiger partial charge in [-0.2, -0.15) is 4.39 Å². The van der Waals surface area contributed by atoms with Crippen molar-refractivity contribution in [1.29, 1.82) is 0 Å². The Balaban J connectivity index is 2.76. The van der Waals surface area contributed by atoms with Crippen molar-refractivity contribution >= 4 is 5.91 Å². The zero-order chi connectivity index (χ0) is 10.6. The number of carbonyl (C=O) groups is 1. The summed E-state index contributed by atoms with van der Waals surface area (Å²) in [7, 11) is 0. The predicted octanol–water partition coefficient (Wildman–Crippen LogP) is 0.972. The molecule has 72 valence electrons. The van der Waals surface area contributed by atoms with Crippen LogP contribution in [0.3, 0.4) is 0 Å². The molecule has 1 atom stereocenters. The molecule has 14 heavy (non-hydrogen) atoms. The first-order valence-electron chi connectivity index (χ1n) is 4.03. The third-order valence-electron chi connectivity index (χ3n) is 1.55. The fourth-order valence-corrected chi connectivity index (χ4v) is 0.847. The van der Waals surface area contributed by atoms with Crippen LogP contribution in [-0.2, 0) is 0 Å². The summed E-state index contributed by atoms with van der Waals surface area (Å²) in [6.07, 6.45) is 5.07. The van der Waals surface area contributed by atoms with E-state index < -0.39 is 17.9 Å². The number of amides is 1. The van der Waals surface area contributed by atoms with Gasteiger partial charge in [-0.3, -0.25) is 4.79 Å². The molecule has 1 amide bonds. The molecule has 0 aliphatic carbocycles. The van der Waals surface area contributed by atoms with Crippen molar-refractivity contribution in [3.05, 3.63) is 29.8 Å². The second-order valence-corrected chi connectivity index (χ2v) is 2.71. The lowest BCUT2D eigenvalue weighted by molar-refractivity contribution is 0.0942. The minimum atomic E-state index is -0.689. The molecule has 1 unspecified atom stereocenters. The van der Waals surface area contributed by atoms with Gasteiger partial charge in [0.15, 0.2) is 0 Å². The van der Waals surface area contributed by atoms with Gasteiger partial charge < -0.3 is 5.32 Å². The molecule has 0 aliphatic heterocycles. The van der Waals surface area contributed by atoms with Crippen LogP contribution in [0.2, 0.25) is 0 Å². The Bertz CT molecular complexity index is 384. The van der Waals surface area contributed by atoms with Crippen molar-refractivity contribution in [2.45, 2.75) is 13.0 Å². The zero-order valence-corrected chi connectivity index (χ0v) is 7.62. The van der Waals surface area contributed by atoms with Gasteiger partial charge in [0, 0.05) is 0 Å². The molecule has 1 aromatic heterocycles. The monoisotopic (exact) mass is 192 g/mol. The number of hydrogen-bond donors (Lipinski definition) is 1. The maximum atomic E-state index is 12.6. The lowest BCUT2D eigenvalue weighted by atomic mass is 10.3. The molecule has 4 heteroatoms. The van der Waals surface area contributed by atoms with Crippen LogP contribution in [-0.4, -0.2) is 16.9 Å². The standard InChI is InChI=1S/C10H9FN2O/c1-3-7(2)12-10(14)8-5-4-6-9(11)13-8/h1,4-7H,2H3,(H,12,14). The van der Waals surface area contributed by atoms with Crippen LogP contribution in [0, 0.1) is 18.3 Å². The van der Waals surface area contributed by atoms with Gasteiger partial charge in [-0.1, -0.05) is 12.0 Å². The van der Waals surface area contributed by atoms with Crippen LogP contribution in [0.1, 0.15) is 17.4 Å². The number of hydrogen-bond acceptors (Lipinski definition) is 2. The first-order chi connectivity index (χ1) is 6.63. The second-order valence-electron chi connectivity index (χ2n) is 2.71. The lowest BCUT2D eigenvalue weighted by Gasteiger charge is -2.06. The molecule has 3 nitrogen and oxygen atoms in total. The summed E-state index contributed by atoms with van der Waals surface area (Å²) < 4.78 is 12.6. The largest absolute Gasteiger partial charge is 0.337 e. The van der Waals surface area contributed by atoms with Gasteiger partial charge in [-0.05, 0) is 19.1 Å². The lowest BCUT2D eigenvalue weighted by Crippen LogP contribution is -2.31. The summed E-state index contributed by atoms with van der Waals surface area (Å²) >= 11 is 0. The highest BCUT2D eigenvalue weighted by molar-refractivity contribution is 5.92. The Labute approximate surface area is 81.4 Å². The van der Waals surface area contributed by atoms with Crippen LogP contribution in [0.4, 0.5) is 4.39 Å². The Kier molecular flexibility index (Phi) is 3.19.